The summed E-state index contributed by atoms with van der Waals surface area (Å²) in [5.74, 6) is 0.347. The van der Waals surface area contributed by atoms with Gasteiger partial charge < -0.3 is 21.1 Å². The Bertz CT molecular complexity index is 466. The van der Waals surface area contributed by atoms with Crippen LogP contribution < -0.4 is 21.1 Å². The highest BCUT2D eigenvalue weighted by Crippen LogP contribution is 2.27. The largest absolute Gasteiger partial charge is 0.495 e. The van der Waals surface area contributed by atoms with Crippen molar-refractivity contribution in [1.29, 1.82) is 0 Å². The zero-order valence-electron chi connectivity index (χ0n) is 10.5. The molecule has 3 amide bonds. The summed E-state index contributed by atoms with van der Waals surface area (Å²) in [4.78, 5) is 22.1. The molecule has 0 radical (unpaired) electrons. The Morgan fingerprint density at radius 2 is 2.16 bits per heavy atom. The molecular weight excluding hydrogens is 270 g/mol. The molecule has 1 aromatic carbocycles. The van der Waals surface area contributed by atoms with Crippen LogP contribution in [0, 0.1) is 0 Å². The van der Waals surface area contributed by atoms with E-state index in [1.807, 2.05) is 0 Å². The summed E-state index contributed by atoms with van der Waals surface area (Å²) in [5.41, 5.74) is 5.42. The average molecular weight is 286 g/mol. The number of hydrogen-bond donors (Lipinski definition) is 3. The third kappa shape index (κ3) is 5.48. The molecule has 0 aliphatic carbocycles. The van der Waals surface area contributed by atoms with E-state index in [0.29, 0.717) is 29.4 Å². The maximum atomic E-state index is 11.7. The van der Waals surface area contributed by atoms with Crippen LogP contribution >= 0.6 is 11.6 Å². The van der Waals surface area contributed by atoms with Gasteiger partial charge in [-0.3, -0.25) is 4.79 Å². The number of urea groups is 1. The summed E-state index contributed by atoms with van der Waals surface area (Å²) < 4.78 is 5.11. The maximum absolute atomic E-state index is 11.7. The highest BCUT2D eigenvalue weighted by molar-refractivity contribution is 6.31. The first-order valence-corrected chi connectivity index (χ1v) is 6.07. The van der Waals surface area contributed by atoms with Gasteiger partial charge in [-0.25, -0.2) is 4.79 Å². The number of carbonyl (C=O) groups excluding carboxylic acids is 2. The van der Waals surface area contributed by atoms with Gasteiger partial charge in [0, 0.05) is 18.0 Å². The molecule has 0 heterocycles. The number of hydrogen-bond acceptors (Lipinski definition) is 3. The van der Waals surface area contributed by atoms with Crippen molar-refractivity contribution in [2.75, 3.05) is 19.0 Å². The van der Waals surface area contributed by atoms with Crippen LogP contribution in [0.5, 0.6) is 5.75 Å². The molecule has 0 bridgehead atoms. The Morgan fingerprint density at radius 1 is 1.42 bits per heavy atom. The molecule has 1 rings (SSSR count). The molecule has 0 aromatic heterocycles. The van der Waals surface area contributed by atoms with Crippen LogP contribution in [0.2, 0.25) is 5.02 Å². The molecular formula is C12H16ClN3O3. The Labute approximate surface area is 116 Å². The van der Waals surface area contributed by atoms with Crippen LogP contribution in [0.3, 0.4) is 0 Å². The highest BCUT2D eigenvalue weighted by atomic mass is 35.5. The lowest BCUT2D eigenvalue weighted by Crippen LogP contribution is -2.30. The number of benzene rings is 1. The van der Waals surface area contributed by atoms with Crippen molar-refractivity contribution >= 4 is 29.2 Å². The van der Waals surface area contributed by atoms with Gasteiger partial charge in [0.2, 0.25) is 5.91 Å². The van der Waals surface area contributed by atoms with Crippen LogP contribution in [0.4, 0.5) is 10.5 Å². The summed E-state index contributed by atoms with van der Waals surface area (Å²) in [6.07, 6.45) is 0.758. The molecule has 0 saturated heterocycles. The van der Waals surface area contributed by atoms with Gasteiger partial charge in [-0.05, 0) is 24.6 Å². The average Bonchev–Trinajstić information content (AvgIpc) is 2.35. The summed E-state index contributed by atoms with van der Waals surface area (Å²) in [5, 5.41) is 5.61. The quantitative estimate of drug-likeness (QED) is 0.695. The maximum Gasteiger partial charge on any atom is 0.312 e. The molecule has 6 nitrogen and oxygen atoms in total. The van der Waals surface area contributed by atoms with Gasteiger partial charge in [0.15, 0.2) is 0 Å². The smallest absolute Gasteiger partial charge is 0.312 e. The molecule has 1 aromatic rings. The van der Waals surface area contributed by atoms with E-state index >= 15 is 0 Å². The van der Waals surface area contributed by atoms with Crippen LogP contribution in [-0.4, -0.2) is 25.6 Å². The number of carbonyl (C=O) groups is 2. The zero-order valence-corrected chi connectivity index (χ0v) is 11.3. The van der Waals surface area contributed by atoms with Crippen LogP contribution in [0.25, 0.3) is 0 Å². The summed E-state index contributed by atoms with van der Waals surface area (Å²) in [6, 6.07) is 4.36. The van der Waals surface area contributed by atoms with Gasteiger partial charge in [0.25, 0.3) is 0 Å². The van der Waals surface area contributed by atoms with E-state index in [2.05, 4.69) is 10.6 Å². The minimum Gasteiger partial charge on any atom is -0.495 e. The lowest BCUT2D eigenvalue weighted by molar-refractivity contribution is -0.116. The molecule has 7 heteroatoms. The first kappa shape index (κ1) is 15.1. The highest BCUT2D eigenvalue weighted by Gasteiger charge is 2.08. The third-order valence-corrected chi connectivity index (χ3v) is 2.55. The third-order valence-electron chi connectivity index (χ3n) is 2.32. The predicted octanol–water partition coefficient (Wildman–Crippen LogP) is 1.74. The van der Waals surface area contributed by atoms with Crippen LogP contribution in [0.1, 0.15) is 12.8 Å². The van der Waals surface area contributed by atoms with Crippen molar-refractivity contribution in [1.82, 2.24) is 5.32 Å². The standard InChI is InChI=1S/C12H16ClN3O3/c1-19-10-5-4-8(13)7-9(10)16-11(17)3-2-6-15-12(14)18/h4-5,7H,2-3,6H2,1H3,(H,16,17)(H3,14,15,18). The van der Waals surface area contributed by atoms with Crippen LogP contribution in [-0.2, 0) is 4.79 Å². The summed E-state index contributed by atoms with van der Waals surface area (Å²) >= 11 is 5.85. The van der Waals surface area contributed by atoms with Gasteiger partial charge in [-0.15, -0.1) is 0 Å². The zero-order chi connectivity index (χ0) is 14.3. The molecule has 104 valence electrons. The fourth-order valence-corrected chi connectivity index (χ4v) is 1.62. The fourth-order valence-electron chi connectivity index (χ4n) is 1.45. The molecule has 4 N–H and O–H groups in total. The Morgan fingerprint density at radius 3 is 2.79 bits per heavy atom. The first-order chi connectivity index (χ1) is 9.02. The molecule has 0 aliphatic heterocycles. The van der Waals surface area contributed by atoms with Crippen molar-refractivity contribution in [3.05, 3.63) is 23.2 Å². The first-order valence-electron chi connectivity index (χ1n) is 5.69. The topological polar surface area (TPSA) is 93.4 Å². The number of nitrogens with one attached hydrogen (secondary N) is 2. The van der Waals surface area contributed by atoms with Crippen molar-refractivity contribution in [3.63, 3.8) is 0 Å². The minimum atomic E-state index is -0.600. The fraction of sp³-hybridized carbons (Fsp3) is 0.333. The predicted molar refractivity (Wildman–Crippen MR) is 73.5 cm³/mol. The second-order valence-corrected chi connectivity index (χ2v) is 4.22. The lowest BCUT2D eigenvalue weighted by Gasteiger charge is -2.10. The second kappa shape index (κ2) is 7.48. The number of anilines is 1. The van der Waals surface area contributed by atoms with Crippen LogP contribution in [0.15, 0.2) is 18.2 Å². The molecule has 0 fully saturated rings. The normalized spacial score (nSPS) is 9.79. The van der Waals surface area contributed by atoms with E-state index in [4.69, 9.17) is 22.1 Å². The van der Waals surface area contributed by atoms with E-state index in [-0.39, 0.29) is 12.3 Å². The molecule has 0 spiro atoms. The number of nitrogens with two attached hydrogens (primary N) is 1. The SMILES string of the molecule is COc1ccc(Cl)cc1NC(=O)CCCNC(N)=O. The van der Waals surface area contributed by atoms with Gasteiger partial charge >= 0.3 is 6.03 Å². The van der Waals surface area contributed by atoms with Gasteiger partial charge in [0.05, 0.1) is 12.8 Å². The van der Waals surface area contributed by atoms with E-state index in [9.17, 15) is 9.59 Å². The van der Waals surface area contributed by atoms with E-state index in [1.165, 1.54) is 7.11 Å². The molecule has 0 atom stereocenters. The monoisotopic (exact) mass is 285 g/mol. The summed E-state index contributed by atoms with van der Waals surface area (Å²) in [7, 11) is 1.51. The Hall–Kier alpha value is -1.95. The van der Waals surface area contributed by atoms with Gasteiger partial charge in [-0.2, -0.15) is 0 Å². The van der Waals surface area contributed by atoms with Crippen molar-refractivity contribution in [2.24, 2.45) is 5.73 Å². The van der Waals surface area contributed by atoms with Crippen molar-refractivity contribution in [3.8, 4) is 5.75 Å². The Kier molecular flexibility index (Phi) is 5.95. The number of amides is 3. The number of primary amides is 1. The lowest BCUT2D eigenvalue weighted by atomic mass is 10.2. The number of ether oxygens (including phenoxy) is 1. The minimum absolute atomic E-state index is 0.188. The molecule has 0 aliphatic rings. The molecule has 0 unspecified atom stereocenters. The van der Waals surface area contributed by atoms with E-state index in [1.54, 1.807) is 18.2 Å². The van der Waals surface area contributed by atoms with Crippen molar-refractivity contribution < 1.29 is 14.3 Å². The van der Waals surface area contributed by atoms with E-state index < -0.39 is 6.03 Å². The van der Waals surface area contributed by atoms with Crippen molar-refractivity contribution in [2.45, 2.75) is 12.8 Å². The van der Waals surface area contributed by atoms with Gasteiger partial charge in [0.1, 0.15) is 5.75 Å². The Balaban J connectivity index is 2.47. The van der Waals surface area contributed by atoms with E-state index in [0.717, 1.165) is 0 Å². The number of halogens is 1. The number of rotatable bonds is 6. The second-order valence-electron chi connectivity index (χ2n) is 3.79. The molecule has 0 saturated carbocycles. The number of methoxy groups -OCH3 is 1. The van der Waals surface area contributed by atoms with Gasteiger partial charge in [-0.1, -0.05) is 11.6 Å². The summed E-state index contributed by atoms with van der Waals surface area (Å²) in [6.45, 7) is 0.357. The molecule has 19 heavy (non-hydrogen) atoms.